The Balaban J connectivity index is 1.74. The van der Waals surface area contributed by atoms with Crippen LogP contribution in [0.15, 0.2) is 15.0 Å². The molecule has 0 aromatic carbocycles. The second-order valence-electron chi connectivity index (χ2n) is 7.82. The van der Waals surface area contributed by atoms with Crippen molar-refractivity contribution >= 4 is 25.7 Å². The highest BCUT2D eigenvalue weighted by Gasteiger charge is 2.73. The van der Waals surface area contributed by atoms with E-state index in [1.165, 1.54) is 35.9 Å². The molecular weight excluding hydrogens is 414 g/mol. The van der Waals surface area contributed by atoms with Crippen molar-refractivity contribution in [2.24, 2.45) is 16.2 Å². The second kappa shape index (κ2) is 6.48. The summed E-state index contributed by atoms with van der Waals surface area (Å²) in [6.07, 6.45) is 2.48. The molecule has 2 heterocycles. The zero-order valence-electron chi connectivity index (χ0n) is 16.2. The first-order chi connectivity index (χ1) is 12.7. The average Bonchev–Trinajstić information content (AvgIpc) is 2.91. The number of carbonyl (C=O) groups excluding carboxylic acids is 1. The van der Waals surface area contributed by atoms with Gasteiger partial charge in [0.15, 0.2) is 5.03 Å². The first-order valence-corrected chi connectivity index (χ1v) is 12.3. The minimum atomic E-state index is -4.17. The van der Waals surface area contributed by atoms with Crippen molar-refractivity contribution in [2.45, 2.75) is 49.3 Å². The number of imidazole rings is 1. The Hall–Kier alpha value is -1.56. The molecule has 2 unspecified atom stereocenters. The third-order valence-corrected chi connectivity index (χ3v) is 10.4. The van der Waals surface area contributed by atoms with E-state index >= 15 is 0 Å². The van der Waals surface area contributed by atoms with Gasteiger partial charge in [-0.2, -0.15) is 8.42 Å². The van der Waals surface area contributed by atoms with Crippen LogP contribution in [0.5, 0.6) is 0 Å². The smallest absolute Gasteiger partial charge is 0.307 e. The number of aryl methyl sites for hydroxylation is 1. The van der Waals surface area contributed by atoms with E-state index in [4.69, 9.17) is 0 Å². The summed E-state index contributed by atoms with van der Waals surface area (Å²) in [5, 5.41) is -0.691. The first-order valence-electron chi connectivity index (χ1n) is 8.84. The Labute approximate surface area is 163 Å². The van der Waals surface area contributed by atoms with Crippen LogP contribution >= 0.6 is 0 Å². The molecule has 0 N–H and O–H groups in total. The largest absolute Gasteiger partial charge is 0.342 e. The number of hydrogen-bond donors (Lipinski definition) is 0. The molecule has 8 nitrogen and oxygen atoms in total. The summed E-state index contributed by atoms with van der Waals surface area (Å²) >= 11 is 0. The number of rotatable bonds is 4. The van der Waals surface area contributed by atoms with Crippen LogP contribution in [0, 0.1) is 12.3 Å². The van der Waals surface area contributed by atoms with Gasteiger partial charge >= 0.3 is 10.0 Å². The Kier molecular flexibility index (Phi) is 4.89. The van der Waals surface area contributed by atoms with E-state index in [0.717, 1.165) is 0 Å². The van der Waals surface area contributed by atoms with Crippen LogP contribution in [0.3, 0.4) is 0 Å². The number of sulfonamides is 1. The molecule has 0 radical (unpaired) electrons. The van der Waals surface area contributed by atoms with Crippen LogP contribution in [0.25, 0.3) is 0 Å². The molecule has 1 aromatic rings. The second-order valence-corrected chi connectivity index (χ2v) is 12.2. The van der Waals surface area contributed by atoms with Gasteiger partial charge in [0, 0.05) is 38.1 Å². The third kappa shape index (κ3) is 3.44. The van der Waals surface area contributed by atoms with Crippen molar-refractivity contribution in [3.05, 3.63) is 12.0 Å². The van der Waals surface area contributed by atoms with Crippen LogP contribution in [0.1, 0.15) is 32.0 Å². The van der Waals surface area contributed by atoms with Gasteiger partial charge in [0.2, 0.25) is 5.91 Å². The highest BCUT2D eigenvalue weighted by atomic mass is 32.3. The van der Waals surface area contributed by atoms with Crippen LogP contribution in [0.4, 0.5) is 8.78 Å². The van der Waals surface area contributed by atoms with Gasteiger partial charge in [0.05, 0.1) is 15.9 Å². The molecule has 0 spiro atoms. The lowest BCUT2D eigenvalue weighted by atomic mass is 10.0. The Morgan fingerprint density at radius 1 is 1.29 bits per heavy atom. The van der Waals surface area contributed by atoms with Gasteiger partial charge < -0.3 is 9.47 Å². The predicted molar refractivity (Wildman–Crippen MR) is 98.9 cm³/mol. The van der Waals surface area contributed by atoms with E-state index in [1.54, 1.807) is 6.92 Å². The number of nitrogens with zero attached hydrogens (tertiary/aromatic N) is 4. The van der Waals surface area contributed by atoms with Gasteiger partial charge in [-0.05, 0) is 26.7 Å². The van der Waals surface area contributed by atoms with E-state index in [0.29, 0.717) is 5.82 Å². The monoisotopic (exact) mass is 438 g/mol. The van der Waals surface area contributed by atoms with Gasteiger partial charge in [0.25, 0.3) is 5.92 Å². The normalized spacial score (nSPS) is 27.3. The lowest BCUT2D eigenvalue weighted by molar-refractivity contribution is -0.141. The molecule has 1 saturated heterocycles. The van der Waals surface area contributed by atoms with Crippen molar-refractivity contribution in [2.75, 3.05) is 19.3 Å². The maximum Gasteiger partial charge on any atom is 0.307 e. The summed E-state index contributed by atoms with van der Waals surface area (Å²) in [5.74, 6) is -3.11. The van der Waals surface area contributed by atoms with Crippen LogP contribution < -0.4 is 0 Å². The summed E-state index contributed by atoms with van der Waals surface area (Å²) in [5.41, 5.74) is -1.65. The van der Waals surface area contributed by atoms with E-state index < -0.39 is 48.7 Å². The summed E-state index contributed by atoms with van der Waals surface area (Å²) in [6.45, 7) is 3.20. The van der Waals surface area contributed by atoms with Crippen LogP contribution in [0.2, 0.25) is 0 Å². The molecule has 0 bridgehead atoms. The van der Waals surface area contributed by atoms with Crippen molar-refractivity contribution in [3.8, 4) is 0 Å². The standard InChI is InChI=1S/C16H24F2N4O4S2/c1-11-19-9-13(21(11)3)28(25,26)20-27(4,24)12-5-7-22(8-6-12)14(23)15(2)10-16(15,17)18/h9,12H,5-8,10H2,1-4H3. The van der Waals surface area contributed by atoms with E-state index in [9.17, 15) is 26.2 Å². The maximum atomic E-state index is 13.5. The summed E-state index contributed by atoms with van der Waals surface area (Å²) in [7, 11) is -5.77. The number of amides is 1. The van der Waals surface area contributed by atoms with Crippen LogP contribution in [-0.4, -0.2) is 63.5 Å². The zero-order chi connectivity index (χ0) is 21.1. The molecule has 2 atom stereocenters. The number of hydrogen-bond acceptors (Lipinski definition) is 5. The minimum Gasteiger partial charge on any atom is -0.342 e. The van der Waals surface area contributed by atoms with Gasteiger partial charge in [0.1, 0.15) is 11.2 Å². The molecule has 3 rings (SSSR count). The first kappa shape index (κ1) is 21.2. The molecule has 2 fully saturated rings. The SMILES string of the molecule is Cc1ncc(S(=O)(=O)N=S(C)(=O)C2CCN(C(=O)C3(C)CC3(F)F)CC2)n1C. The molecule has 1 aliphatic carbocycles. The van der Waals surface area contributed by atoms with Crippen molar-refractivity contribution in [1.82, 2.24) is 14.5 Å². The highest BCUT2D eigenvalue weighted by molar-refractivity contribution is 8.03. The lowest BCUT2D eigenvalue weighted by Crippen LogP contribution is -2.46. The number of piperidine rings is 1. The molecule has 28 heavy (non-hydrogen) atoms. The Morgan fingerprint density at radius 2 is 1.82 bits per heavy atom. The van der Waals surface area contributed by atoms with E-state index in [1.807, 2.05) is 0 Å². The predicted octanol–water partition coefficient (Wildman–Crippen LogP) is 1.55. The van der Waals surface area contributed by atoms with E-state index in [-0.39, 0.29) is 31.0 Å². The molecular formula is C16H24F2N4O4S2. The van der Waals surface area contributed by atoms with Crippen LogP contribution in [-0.2, 0) is 31.6 Å². The number of carbonyl (C=O) groups is 1. The number of likely N-dealkylation sites (tertiary alicyclic amines) is 1. The molecule has 1 aromatic heterocycles. The number of halogens is 2. The number of aromatic nitrogens is 2. The summed E-state index contributed by atoms with van der Waals surface area (Å²) in [4.78, 5) is 17.6. The number of alkyl halides is 2. The highest BCUT2D eigenvalue weighted by Crippen LogP contribution is 2.61. The topological polar surface area (TPSA) is 102 Å². The molecule has 12 heteroatoms. The quantitative estimate of drug-likeness (QED) is 0.710. The molecule has 1 aliphatic heterocycles. The fourth-order valence-electron chi connectivity index (χ4n) is 3.49. The Morgan fingerprint density at radius 3 is 2.25 bits per heavy atom. The molecule has 1 saturated carbocycles. The Bertz CT molecular complexity index is 1040. The van der Waals surface area contributed by atoms with Crippen molar-refractivity contribution in [1.29, 1.82) is 0 Å². The van der Waals surface area contributed by atoms with Gasteiger partial charge in [-0.15, -0.1) is 3.77 Å². The average molecular weight is 439 g/mol. The molecule has 2 aliphatic rings. The van der Waals surface area contributed by atoms with Gasteiger partial charge in [-0.3, -0.25) is 4.79 Å². The fraction of sp³-hybridized carbons (Fsp3) is 0.750. The fourth-order valence-corrected chi connectivity index (χ4v) is 7.59. The maximum absolute atomic E-state index is 13.5. The third-order valence-electron chi connectivity index (χ3n) is 5.77. The van der Waals surface area contributed by atoms with Crippen molar-refractivity contribution < 1.29 is 26.2 Å². The van der Waals surface area contributed by atoms with E-state index in [2.05, 4.69) is 8.75 Å². The summed E-state index contributed by atoms with van der Waals surface area (Å²) in [6, 6.07) is 0. The molecule has 158 valence electrons. The lowest BCUT2D eigenvalue weighted by Gasteiger charge is -2.34. The van der Waals surface area contributed by atoms with Gasteiger partial charge in [-0.25, -0.2) is 18.0 Å². The summed E-state index contributed by atoms with van der Waals surface area (Å²) < 4.78 is 70.1. The minimum absolute atomic E-state index is 0.143. The van der Waals surface area contributed by atoms with Crippen molar-refractivity contribution in [3.63, 3.8) is 0 Å². The van der Waals surface area contributed by atoms with Gasteiger partial charge in [-0.1, -0.05) is 0 Å². The molecule has 1 amide bonds. The zero-order valence-corrected chi connectivity index (χ0v) is 17.8.